The molecule has 0 bridgehead atoms. The van der Waals surface area contributed by atoms with E-state index in [4.69, 9.17) is 0 Å². The van der Waals surface area contributed by atoms with Crippen LogP contribution in [0.3, 0.4) is 0 Å². The van der Waals surface area contributed by atoms with Gasteiger partial charge in [-0.25, -0.2) is 14.2 Å². The van der Waals surface area contributed by atoms with Crippen LogP contribution in [0.5, 0.6) is 0 Å². The molecule has 8 nitrogen and oxygen atoms in total. The van der Waals surface area contributed by atoms with Crippen molar-refractivity contribution in [2.24, 2.45) is 14.1 Å². The second kappa shape index (κ2) is 3.30. The molecular formula is C9H10N4O4. The number of hydrogen-bond acceptors (Lipinski definition) is 4. The van der Waals surface area contributed by atoms with Gasteiger partial charge in [-0.15, -0.1) is 0 Å². The third kappa shape index (κ3) is 1.30. The number of imidazole rings is 1. The normalized spacial score (nSPS) is 11.0. The molecule has 17 heavy (non-hydrogen) atoms. The molecular weight excluding hydrogens is 228 g/mol. The molecule has 0 saturated carbocycles. The van der Waals surface area contributed by atoms with Crippen molar-refractivity contribution in [2.45, 2.75) is 6.92 Å². The van der Waals surface area contributed by atoms with Gasteiger partial charge >= 0.3 is 11.4 Å². The van der Waals surface area contributed by atoms with Crippen molar-refractivity contribution in [3.05, 3.63) is 31.3 Å². The summed E-state index contributed by atoms with van der Waals surface area (Å²) in [4.78, 5) is 48.2. The van der Waals surface area contributed by atoms with E-state index in [1.54, 1.807) is 0 Å². The van der Waals surface area contributed by atoms with Gasteiger partial charge in [-0.1, -0.05) is 0 Å². The summed E-state index contributed by atoms with van der Waals surface area (Å²) < 4.78 is 2.94. The predicted molar refractivity (Wildman–Crippen MR) is 59.3 cm³/mol. The molecule has 8 heteroatoms. The molecule has 0 aliphatic heterocycles. The smallest absolute Gasteiger partial charge is 0.281 e. The zero-order valence-electron chi connectivity index (χ0n) is 9.47. The van der Waals surface area contributed by atoms with Crippen molar-refractivity contribution >= 4 is 17.1 Å². The number of nitrogens with one attached hydrogen (secondary N) is 1. The second-order valence-electron chi connectivity index (χ2n) is 3.69. The summed E-state index contributed by atoms with van der Waals surface area (Å²) in [5.41, 5.74) is -2.06. The second-order valence-corrected chi connectivity index (χ2v) is 3.69. The summed E-state index contributed by atoms with van der Waals surface area (Å²) in [5.74, 6) is -0.579. The Morgan fingerprint density at radius 1 is 1.12 bits per heavy atom. The molecule has 0 radical (unpaired) electrons. The Bertz CT molecular complexity index is 801. The molecule has 0 atom stereocenters. The lowest BCUT2D eigenvalue weighted by Crippen LogP contribution is -2.30. The van der Waals surface area contributed by atoms with Crippen molar-refractivity contribution in [1.29, 1.82) is 0 Å². The highest BCUT2D eigenvalue weighted by Crippen LogP contribution is 2.03. The minimum atomic E-state index is -0.754. The fourth-order valence-corrected chi connectivity index (χ4v) is 1.81. The number of fused-ring (bicyclic) bond motifs is 1. The largest absolute Gasteiger partial charge is 0.337 e. The Morgan fingerprint density at radius 2 is 1.71 bits per heavy atom. The summed E-state index contributed by atoms with van der Waals surface area (Å²) in [6, 6.07) is 0. The van der Waals surface area contributed by atoms with Gasteiger partial charge in [-0.2, -0.15) is 0 Å². The van der Waals surface area contributed by atoms with Gasteiger partial charge in [0.2, 0.25) is 5.91 Å². The lowest BCUT2D eigenvalue weighted by Gasteiger charge is -2.00. The van der Waals surface area contributed by atoms with E-state index in [1.807, 2.05) is 4.98 Å². The van der Waals surface area contributed by atoms with Gasteiger partial charge in [0.05, 0.1) is 0 Å². The van der Waals surface area contributed by atoms with Crippen LogP contribution >= 0.6 is 0 Å². The maximum absolute atomic E-state index is 11.8. The zero-order valence-corrected chi connectivity index (χ0v) is 9.47. The molecule has 0 unspecified atom stereocenters. The van der Waals surface area contributed by atoms with Crippen LogP contribution in [0.2, 0.25) is 0 Å². The van der Waals surface area contributed by atoms with E-state index >= 15 is 0 Å². The van der Waals surface area contributed by atoms with Crippen molar-refractivity contribution in [3.63, 3.8) is 0 Å². The molecule has 0 spiro atoms. The predicted octanol–water partition coefficient (Wildman–Crippen LogP) is -1.61. The van der Waals surface area contributed by atoms with Crippen molar-refractivity contribution in [1.82, 2.24) is 18.7 Å². The first kappa shape index (κ1) is 11.1. The topological polar surface area (TPSA) is 98.9 Å². The Labute approximate surface area is 93.7 Å². The van der Waals surface area contributed by atoms with E-state index in [-0.39, 0.29) is 11.2 Å². The van der Waals surface area contributed by atoms with E-state index < -0.39 is 22.8 Å². The fraction of sp³-hybridized carbons (Fsp3) is 0.333. The molecule has 0 aliphatic carbocycles. The summed E-state index contributed by atoms with van der Waals surface area (Å²) in [7, 11) is 2.80. The average molecular weight is 238 g/mol. The number of aromatic amines is 1. The highest BCUT2D eigenvalue weighted by Gasteiger charge is 2.19. The summed E-state index contributed by atoms with van der Waals surface area (Å²) in [6.07, 6.45) is 0. The first-order chi connectivity index (χ1) is 7.86. The number of hydrogen-bond donors (Lipinski definition) is 1. The van der Waals surface area contributed by atoms with Gasteiger partial charge in [0.1, 0.15) is 0 Å². The van der Waals surface area contributed by atoms with Gasteiger partial charge in [-0.3, -0.25) is 23.7 Å². The molecule has 2 heterocycles. The fourth-order valence-electron chi connectivity index (χ4n) is 1.81. The number of carbonyl (C=O) groups excluding carboxylic acids is 1. The lowest BCUT2D eigenvalue weighted by molar-refractivity contribution is 0.0936. The van der Waals surface area contributed by atoms with Crippen molar-refractivity contribution < 1.29 is 4.79 Å². The summed E-state index contributed by atoms with van der Waals surface area (Å²) in [6.45, 7) is 1.17. The minimum Gasteiger partial charge on any atom is -0.281 e. The number of nitrogens with zero attached hydrogens (tertiary/aromatic N) is 3. The summed E-state index contributed by atoms with van der Waals surface area (Å²) >= 11 is 0. The Balaban J connectivity index is 3.29. The molecule has 90 valence electrons. The Hall–Kier alpha value is -2.38. The van der Waals surface area contributed by atoms with Crippen LogP contribution in [-0.2, 0) is 14.1 Å². The minimum absolute atomic E-state index is 0.110. The number of rotatable bonds is 0. The van der Waals surface area contributed by atoms with Crippen LogP contribution in [0.4, 0.5) is 0 Å². The molecule has 0 fully saturated rings. The maximum Gasteiger partial charge on any atom is 0.337 e. The van der Waals surface area contributed by atoms with Crippen LogP contribution in [0, 0.1) is 0 Å². The maximum atomic E-state index is 11.8. The molecule has 0 saturated heterocycles. The third-order valence-electron chi connectivity index (χ3n) is 2.60. The average Bonchev–Trinajstić information content (AvgIpc) is 2.50. The molecule has 2 rings (SSSR count). The first-order valence-electron chi connectivity index (χ1n) is 4.78. The van der Waals surface area contributed by atoms with Crippen LogP contribution < -0.4 is 16.9 Å². The quantitative estimate of drug-likeness (QED) is 0.596. The SMILES string of the molecule is CC(=O)n1c(=O)n(C)c2c1c(=O)[nH]c(=O)n2C. The third-order valence-corrected chi connectivity index (χ3v) is 2.60. The van der Waals surface area contributed by atoms with E-state index in [0.717, 1.165) is 13.7 Å². The molecule has 2 aromatic heterocycles. The zero-order chi connectivity index (χ0) is 12.9. The monoisotopic (exact) mass is 238 g/mol. The molecule has 2 aromatic rings. The Morgan fingerprint density at radius 3 is 2.24 bits per heavy atom. The first-order valence-corrected chi connectivity index (χ1v) is 4.78. The van der Waals surface area contributed by atoms with Gasteiger partial charge in [0.15, 0.2) is 11.2 Å². The van der Waals surface area contributed by atoms with E-state index in [1.165, 1.54) is 21.0 Å². The number of aromatic nitrogens is 4. The Kier molecular flexibility index (Phi) is 2.16. The standard InChI is InChI=1S/C9H10N4O4/c1-4(14)13-5-6(15)10-8(16)11(2)7(5)12(3)9(13)17/h1-3H3,(H,10,15,16). The number of H-pyrrole nitrogens is 1. The highest BCUT2D eigenvalue weighted by molar-refractivity contribution is 5.87. The highest BCUT2D eigenvalue weighted by atomic mass is 16.2. The lowest BCUT2D eigenvalue weighted by atomic mass is 10.5. The van der Waals surface area contributed by atoms with Crippen LogP contribution in [0.1, 0.15) is 11.7 Å². The molecule has 0 aromatic carbocycles. The van der Waals surface area contributed by atoms with Gasteiger partial charge in [0.25, 0.3) is 5.56 Å². The van der Waals surface area contributed by atoms with Crippen molar-refractivity contribution in [2.75, 3.05) is 0 Å². The summed E-state index contributed by atoms with van der Waals surface area (Å²) in [5, 5.41) is 0. The van der Waals surface area contributed by atoms with Gasteiger partial charge in [0, 0.05) is 21.0 Å². The van der Waals surface area contributed by atoms with Crippen molar-refractivity contribution in [3.8, 4) is 0 Å². The van der Waals surface area contributed by atoms with Crippen LogP contribution in [-0.4, -0.2) is 24.6 Å². The molecule has 1 N–H and O–H groups in total. The van der Waals surface area contributed by atoms with E-state index in [2.05, 4.69) is 0 Å². The van der Waals surface area contributed by atoms with Crippen LogP contribution in [0.15, 0.2) is 14.4 Å². The van der Waals surface area contributed by atoms with E-state index in [9.17, 15) is 19.2 Å². The molecule has 0 amide bonds. The van der Waals surface area contributed by atoms with Crippen LogP contribution in [0.25, 0.3) is 11.2 Å². The van der Waals surface area contributed by atoms with Gasteiger partial charge in [-0.05, 0) is 0 Å². The number of aryl methyl sites for hydroxylation is 2. The molecule has 0 aliphatic rings. The van der Waals surface area contributed by atoms with E-state index in [0.29, 0.717) is 0 Å². The van der Waals surface area contributed by atoms with Gasteiger partial charge < -0.3 is 0 Å². The number of carbonyl (C=O) groups is 1.